The first-order valence-electron chi connectivity index (χ1n) is 12.1. The number of aromatic nitrogens is 2. The fraction of sp³-hybridized carbons (Fsp3) is 0.393. The number of nitrogens with zero attached hydrogens (tertiary/aromatic N) is 3. The molecule has 0 fully saturated rings. The standard InChI is InChI=1S/C28H35ClN4O2/c1-6-7-10-17-32(27(35)21-15-13-20(2)14-16-21)19-26(34)30-25-18-24(28(3,4)5)31-33(25)23-12-9-8-11-22(23)29/h8-9,11-16,18H,6-7,10,17,19H2,1-5H3,(H,30,34). The number of anilines is 1. The second-order valence-corrected chi connectivity index (χ2v) is 10.3. The zero-order valence-electron chi connectivity index (χ0n) is 21.3. The van der Waals surface area contributed by atoms with E-state index in [1.807, 2.05) is 55.5 Å². The minimum atomic E-state index is -0.282. The van der Waals surface area contributed by atoms with Crippen molar-refractivity contribution in [3.8, 4) is 5.69 Å². The molecule has 1 heterocycles. The molecule has 0 radical (unpaired) electrons. The molecular formula is C28H35ClN4O2. The van der Waals surface area contributed by atoms with Gasteiger partial charge in [0.15, 0.2) is 0 Å². The summed E-state index contributed by atoms with van der Waals surface area (Å²) in [6, 6.07) is 16.7. The fourth-order valence-corrected chi connectivity index (χ4v) is 3.90. The molecule has 3 aromatic rings. The quantitative estimate of drug-likeness (QED) is 0.350. The van der Waals surface area contributed by atoms with Crippen molar-refractivity contribution in [3.05, 3.63) is 76.4 Å². The van der Waals surface area contributed by atoms with Crippen molar-refractivity contribution in [1.29, 1.82) is 0 Å². The van der Waals surface area contributed by atoms with Crippen LogP contribution >= 0.6 is 11.6 Å². The highest BCUT2D eigenvalue weighted by molar-refractivity contribution is 6.32. The Labute approximate surface area is 213 Å². The highest BCUT2D eigenvalue weighted by Crippen LogP contribution is 2.29. The summed E-state index contributed by atoms with van der Waals surface area (Å²) < 4.78 is 1.66. The van der Waals surface area contributed by atoms with Crippen LogP contribution < -0.4 is 5.32 Å². The lowest BCUT2D eigenvalue weighted by molar-refractivity contribution is -0.117. The number of rotatable bonds is 9. The third-order valence-electron chi connectivity index (χ3n) is 5.78. The van der Waals surface area contributed by atoms with Crippen LogP contribution in [0.3, 0.4) is 0 Å². The maximum absolute atomic E-state index is 13.2. The minimum Gasteiger partial charge on any atom is -0.329 e. The number of hydrogen-bond acceptors (Lipinski definition) is 3. The van der Waals surface area contributed by atoms with Gasteiger partial charge in [0.25, 0.3) is 5.91 Å². The van der Waals surface area contributed by atoms with E-state index >= 15 is 0 Å². The summed E-state index contributed by atoms with van der Waals surface area (Å²) in [4.78, 5) is 28.0. The van der Waals surface area contributed by atoms with Gasteiger partial charge in [-0.15, -0.1) is 0 Å². The predicted molar refractivity (Wildman–Crippen MR) is 143 cm³/mol. The molecule has 6 nitrogen and oxygen atoms in total. The van der Waals surface area contributed by atoms with Crippen LogP contribution in [0.25, 0.3) is 5.69 Å². The number of aryl methyl sites for hydroxylation is 1. The van der Waals surface area contributed by atoms with Gasteiger partial charge in [-0.2, -0.15) is 5.10 Å². The highest BCUT2D eigenvalue weighted by Gasteiger charge is 2.24. The second kappa shape index (κ2) is 11.5. The zero-order chi connectivity index (χ0) is 25.6. The van der Waals surface area contributed by atoms with E-state index in [9.17, 15) is 9.59 Å². The summed E-state index contributed by atoms with van der Waals surface area (Å²) in [6.07, 6.45) is 2.87. The van der Waals surface area contributed by atoms with E-state index in [-0.39, 0.29) is 23.8 Å². The number of hydrogen-bond donors (Lipinski definition) is 1. The Balaban J connectivity index is 1.86. The summed E-state index contributed by atoms with van der Waals surface area (Å²) in [5, 5.41) is 8.24. The fourth-order valence-electron chi connectivity index (χ4n) is 3.68. The van der Waals surface area contributed by atoms with Crippen LogP contribution in [0.5, 0.6) is 0 Å². The molecule has 0 saturated carbocycles. The van der Waals surface area contributed by atoms with Gasteiger partial charge in [0.1, 0.15) is 12.4 Å². The summed E-state index contributed by atoms with van der Waals surface area (Å²) in [5.41, 5.74) is 2.94. The molecule has 3 rings (SSSR count). The molecule has 0 bridgehead atoms. The van der Waals surface area contributed by atoms with Gasteiger partial charge in [-0.1, -0.05) is 82.0 Å². The van der Waals surface area contributed by atoms with E-state index < -0.39 is 0 Å². The number of nitrogens with one attached hydrogen (secondary N) is 1. The van der Waals surface area contributed by atoms with Gasteiger partial charge in [-0.3, -0.25) is 9.59 Å². The van der Waals surface area contributed by atoms with Crippen LogP contribution in [0.2, 0.25) is 5.02 Å². The Morgan fingerprint density at radius 1 is 1.06 bits per heavy atom. The third-order valence-corrected chi connectivity index (χ3v) is 6.10. The summed E-state index contributed by atoms with van der Waals surface area (Å²) in [7, 11) is 0. The lowest BCUT2D eigenvalue weighted by Crippen LogP contribution is -2.39. The Hall–Kier alpha value is -3.12. The molecule has 0 aliphatic heterocycles. The van der Waals surface area contributed by atoms with Crippen molar-refractivity contribution in [2.75, 3.05) is 18.4 Å². The smallest absolute Gasteiger partial charge is 0.254 e. The van der Waals surface area contributed by atoms with Crippen LogP contribution in [0.15, 0.2) is 54.6 Å². The molecule has 0 atom stereocenters. The first-order chi connectivity index (χ1) is 16.6. The lowest BCUT2D eigenvalue weighted by atomic mass is 9.92. The van der Waals surface area contributed by atoms with E-state index in [1.165, 1.54) is 0 Å². The van der Waals surface area contributed by atoms with E-state index in [2.05, 4.69) is 33.0 Å². The molecule has 7 heteroatoms. The van der Waals surface area contributed by atoms with Crippen molar-refractivity contribution in [2.45, 2.75) is 59.3 Å². The molecule has 0 aliphatic carbocycles. The first-order valence-corrected chi connectivity index (χ1v) is 12.5. The molecule has 0 unspecified atom stereocenters. The van der Waals surface area contributed by atoms with Crippen LogP contribution in [-0.2, 0) is 10.2 Å². The molecule has 1 N–H and O–H groups in total. The van der Waals surface area contributed by atoms with Gasteiger partial charge >= 0.3 is 0 Å². The van der Waals surface area contributed by atoms with Crippen LogP contribution in [-0.4, -0.2) is 39.6 Å². The highest BCUT2D eigenvalue weighted by atomic mass is 35.5. The average molecular weight is 495 g/mol. The monoisotopic (exact) mass is 494 g/mol. The number of unbranched alkanes of at least 4 members (excludes halogenated alkanes) is 2. The van der Waals surface area contributed by atoms with E-state index in [4.69, 9.17) is 16.7 Å². The van der Waals surface area contributed by atoms with E-state index in [1.54, 1.807) is 15.6 Å². The number of halogens is 1. The number of amides is 2. The molecule has 35 heavy (non-hydrogen) atoms. The van der Waals surface area contributed by atoms with Gasteiger partial charge < -0.3 is 10.2 Å². The molecular weight excluding hydrogens is 460 g/mol. The summed E-state index contributed by atoms with van der Waals surface area (Å²) >= 11 is 6.44. The van der Waals surface area contributed by atoms with Gasteiger partial charge in [-0.25, -0.2) is 4.68 Å². The van der Waals surface area contributed by atoms with Crippen LogP contribution in [0, 0.1) is 6.92 Å². The van der Waals surface area contributed by atoms with E-state index in [0.29, 0.717) is 28.6 Å². The van der Waals surface area contributed by atoms with Crippen molar-refractivity contribution in [3.63, 3.8) is 0 Å². The van der Waals surface area contributed by atoms with Gasteiger partial charge in [0, 0.05) is 23.6 Å². The number of carbonyl (C=O) groups excluding carboxylic acids is 2. The largest absolute Gasteiger partial charge is 0.329 e. The lowest BCUT2D eigenvalue weighted by Gasteiger charge is -2.22. The number of benzene rings is 2. The molecule has 2 amide bonds. The molecule has 186 valence electrons. The second-order valence-electron chi connectivity index (χ2n) is 9.88. The number of carbonyl (C=O) groups is 2. The molecule has 0 spiro atoms. The van der Waals surface area contributed by atoms with Crippen molar-refractivity contribution >= 4 is 29.2 Å². The predicted octanol–water partition coefficient (Wildman–Crippen LogP) is 6.40. The summed E-state index contributed by atoms with van der Waals surface area (Å²) in [6.45, 7) is 10.8. The molecule has 0 aliphatic rings. The van der Waals surface area contributed by atoms with Crippen LogP contribution in [0.1, 0.15) is 68.6 Å². The number of para-hydroxylation sites is 1. The Bertz CT molecular complexity index is 1160. The van der Waals surface area contributed by atoms with Crippen molar-refractivity contribution < 1.29 is 9.59 Å². The normalized spacial score (nSPS) is 11.4. The first kappa shape index (κ1) is 26.5. The topological polar surface area (TPSA) is 67.2 Å². The Morgan fingerprint density at radius 3 is 2.37 bits per heavy atom. The van der Waals surface area contributed by atoms with Crippen molar-refractivity contribution in [1.82, 2.24) is 14.7 Å². The van der Waals surface area contributed by atoms with Gasteiger partial charge in [0.2, 0.25) is 5.91 Å². The van der Waals surface area contributed by atoms with Gasteiger partial charge in [0.05, 0.1) is 16.4 Å². The maximum atomic E-state index is 13.2. The molecule has 0 saturated heterocycles. The SMILES string of the molecule is CCCCCN(CC(=O)Nc1cc(C(C)(C)C)nn1-c1ccccc1Cl)C(=O)c1ccc(C)cc1. The summed E-state index contributed by atoms with van der Waals surface area (Å²) in [5.74, 6) is 0.0891. The van der Waals surface area contributed by atoms with Gasteiger partial charge in [-0.05, 0) is 37.6 Å². The van der Waals surface area contributed by atoms with Crippen molar-refractivity contribution in [2.24, 2.45) is 0 Å². The Morgan fingerprint density at radius 2 is 1.74 bits per heavy atom. The maximum Gasteiger partial charge on any atom is 0.254 e. The zero-order valence-corrected chi connectivity index (χ0v) is 22.0. The van der Waals surface area contributed by atoms with Crippen LogP contribution in [0.4, 0.5) is 5.82 Å². The average Bonchev–Trinajstić information content (AvgIpc) is 3.23. The third kappa shape index (κ3) is 6.95. The molecule has 1 aromatic heterocycles. The molecule has 2 aromatic carbocycles. The minimum absolute atomic E-state index is 0.0466. The van der Waals surface area contributed by atoms with E-state index in [0.717, 1.165) is 30.5 Å². The Kier molecular flexibility index (Phi) is 8.73.